The van der Waals surface area contributed by atoms with Crippen LogP contribution in [0.5, 0.6) is 0 Å². The summed E-state index contributed by atoms with van der Waals surface area (Å²) in [5, 5.41) is 0.765. The monoisotopic (exact) mass is 233 g/mol. The van der Waals surface area contributed by atoms with Crippen LogP contribution in [0.2, 0.25) is 5.02 Å². The van der Waals surface area contributed by atoms with Crippen LogP contribution >= 0.6 is 11.6 Å². The van der Waals surface area contributed by atoms with Gasteiger partial charge >= 0.3 is 0 Å². The Labute approximate surface area is 102 Å². The Kier molecular flexibility index (Phi) is 4.27. The van der Waals surface area contributed by atoms with Gasteiger partial charge in [0.1, 0.15) is 0 Å². The summed E-state index contributed by atoms with van der Waals surface area (Å²) >= 11 is 5.81. The molecule has 0 radical (unpaired) electrons. The van der Waals surface area contributed by atoms with Crippen molar-refractivity contribution in [1.82, 2.24) is 4.90 Å². The van der Waals surface area contributed by atoms with Gasteiger partial charge in [0, 0.05) is 10.6 Å². The van der Waals surface area contributed by atoms with E-state index in [-0.39, 0.29) is 0 Å². The van der Waals surface area contributed by atoms with Gasteiger partial charge in [-0.25, -0.2) is 0 Å². The van der Waals surface area contributed by atoms with Gasteiger partial charge < -0.3 is 0 Å². The first kappa shape index (κ1) is 11.5. The van der Waals surface area contributed by atoms with Gasteiger partial charge in [0.2, 0.25) is 0 Å². The van der Waals surface area contributed by atoms with Crippen LogP contribution in [0.3, 0.4) is 0 Å². The molecule has 0 unspecified atom stereocenters. The smallest absolute Gasteiger partial charge is 0.0605 e. The van der Waals surface area contributed by atoms with Crippen LogP contribution in [-0.4, -0.2) is 24.5 Å². The first-order valence-electron chi connectivity index (χ1n) is 5.81. The van der Waals surface area contributed by atoms with Crippen LogP contribution in [0.1, 0.15) is 24.8 Å². The topological polar surface area (TPSA) is 3.24 Å². The number of hydrogen-bond acceptors (Lipinski definition) is 1. The molecule has 0 atom stereocenters. The highest BCUT2D eigenvalue weighted by molar-refractivity contribution is 6.30. The second-order valence-electron chi connectivity index (χ2n) is 4.15. The van der Waals surface area contributed by atoms with Gasteiger partial charge in [-0.1, -0.05) is 29.9 Å². The SMILES string of the molecule is Clc1ccc(C#CCN2CCCCC2)cc1. The summed E-state index contributed by atoms with van der Waals surface area (Å²) in [6.45, 7) is 3.30. The molecule has 16 heavy (non-hydrogen) atoms. The summed E-state index contributed by atoms with van der Waals surface area (Å²) in [6, 6.07) is 7.69. The molecule has 1 heterocycles. The van der Waals surface area contributed by atoms with Gasteiger partial charge in [-0.15, -0.1) is 0 Å². The molecule has 2 heteroatoms. The lowest BCUT2D eigenvalue weighted by Gasteiger charge is -2.23. The standard InChI is InChI=1S/C14H16ClN/c15-14-8-6-13(7-9-14)5-4-12-16-10-2-1-3-11-16/h6-9H,1-3,10-12H2. The zero-order valence-corrected chi connectivity index (χ0v) is 10.1. The van der Waals surface area contributed by atoms with Crippen molar-refractivity contribution in [1.29, 1.82) is 0 Å². The van der Waals surface area contributed by atoms with Crippen molar-refractivity contribution in [3.05, 3.63) is 34.9 Å². The lowest BCUT2D eigenvalue weighted by molar-refractivity contribution is 0.255. The molecule has 0 N–H and O–H groups in total. The number of piperidine rings is 1. The van der Waals surface area contributed by atoms with E-state index >= 15 is 0 Å². The Morgan fingerprint density at radius 1 is 1.06 bits per heavy atom. The Hall–Kier alpha value is -0.970. The number of benzene rings is 1. The van der Waals surface area contributed by atoms with Crippen molar-refractivity contribution in [2.75, 3.05) is 19.6 Å². The van der Waals surface area contributed by atoms with Gasteiger partial charge in [0.15, 0.2) is 0 Å². The predicted octanol–water partition coefficient (Wildman–Crippen LogP) is 3.18. The van der Waals surface area contributed by atoms with Crippen molar-refractivity contribution in [3.63, 3.8) is 0 Å². The normalized spacial score (nSPS) is 16.6. The van der Waals surface area contributed by atoms with E-state index in [9.17, 15) is 0 Å². The summed E-state index contributed by atoms with van der Waals surface area (Å²) in [7, 11) is 0. The zero-order chi connectivity index (χ0) is 11.2. The fourth-order valence-corrected chi connectivity index (χ4v) is 2.03. The van der Waals surface area contributed by atoms with Gasteiger partial charge in [-0.05, 0) is 50.2 Å². The van der Waals surface area contributed by atoms with E-state index < -0.39 is 0 Å². The number of nitrogens with zero attached hydrogens (tertiary/aromatic N) is 1. The number of halogens is 1. The third-order valence-electron chi connectivity index (χ3n) is 2.83. The van der Waals surface area contributed by atoms with Crippen molar-refractivity contribution in [2.45, 2.75) is 19.3 Å². The third-order valence-corrected chi connectivity index (χ3v) is 3.08. The molecule has 0 saturated carbocycles. The van der Waals surface area contributed by atoms with Crippen LogP contribution in [-0.2, 0) is 0 Å². The predicted molar refractivity (Wildman–Crippen MR) is 68.6 cm³/mol. The van der Waals surface area contributed by atoms with Crippen LogP contribution in [0.4, 0.5) is 0 Å². The fourth-order valence-electron chi connectivity index (χ4n) is 1.90. The van der Waals surface area contributed by atoms with E-state index in [2.05, 4.69) is 16.7 Å². The van der Waals surface area contributed by atoms with Crippen molar-refractivity contribution < 1.29 is 0 Å². The summed E-state index contributed by atoms with van der Waals surface area (Å²) in [5.41, 5.74) is 1.04. The highest BCUT2D eigenvalue weighted by Gasteiger charge is 2.07. The second kappa shape index (κ2) is 5.94. The van der Waals surface area contributed by atoms with Crippen molar-refractivity contribution in [2.24, 2.45) is 0 Å². The maximum absolute atomic E-state index is 5.81. The van der Waals surface area contributed by atoms with Crippen LogP contribution in [0, 0.1) is 11.8 Å². The number of likely N-dealkylation sites (tertiary alicyclic amines) is 1. The van der Waals surface area contributed by atoms with Crippen LogP contribution in [0.25, 0.3) is 0 Å². The molecule has 1 aliphatic rings. The molecule has 0 spiro atoms. The fraction of sp³-hybridized carbons (Fsp3) is 0.429. The molecule has 0 amide bonds. The largest absolute Gasteiger partial charge is 0.292 e. The zero-order valence-electron chi connectivity index (χ0n) is 9.38. The lowest BCUT2D eigenvalue weighted by atomic mass is 10.1. The summed E-state index contributed by atoms with van der Waals surface area (Å²) < 4.78 is 0. The van der Waals surface area contributed by atoms with E-state index in [1.165, 1.54) is 32.4 Å². The Morgan fingerprint density at radius 3 is 2.44 bits per heavy atom. The van der Waals surface area contributed by atoms with Crippen molar-refractivity contribution >= 4 is 11.6 Å². The summed E-state index contributed by atoms with van der Waals surface area (Å²) in [6.07, 6.45) is 4.02. The molecule has 0 aliphatic carbocycles. The first-order valence-corrected chi connectivity index (χ1v) is 6.19. The van der Waals surface area contributed by atoms with Gasteiger partial charge in [-0.3, -0.25) is 4.90 Å². The van der Waals surface area contributed by atoms with E-state index in [1.807, 2.05) is 24.3 Å². The van der Waals surface area contributed by atoms with Crippen LogP contribution in [0.15, 0.2) is 24.3 Å². The average Bonchev–Trinajstić information content (AvgIpc) is 2.33. The van der Waals surface area contributed by atoms with Crippen molar-refractivity contribution in [3.8, 4) is 11.8 Å². The summed E-state index contributed by atoms with van der Waals surface area (Å²) in [4.78, 5) is 2.42. The number of hydrogen-bond donors (Lipinski definition) is 0. The first-order chi connectivity index (χ1) is 7.84. The molecular formula is C14H16ClN. The maximum atomic E-state index is 5.81. The quantitative estimate of drug-likeness (QED) is 0.674. The van der Waals surface area contributed by atoms with Crippen LogP contribution < -0.4 is 0 Å². The molecule has 1 saturated heterocycles. The molecule has 1 aliphatic heterocycles. The third kappa shape index (κ3) is 3.56. The minimum Gasteiger partial charge on any atom is -0.292 e. The molecule has 1 nitrogen and oxygen atoms in total. The molecule has 84 valence electrons. The maximum Gasteiger partial charge on any atom is 0.0605 e. The van der Waals surface area contributed by atoms with E-state index in [1.54, 1.807) is 0 Å². The Balaban J connectivity index is 1.87. The highest BCUT2D eigenvalue weighted by Crippen LogP contribution is 2.09. The molecule has 1 aromatic carbocycles. The highest BCUT2D eigenvalue weighted by atomic mass is 35.5. The Bertz CT molecular complexity index is 379. The molecule has 0 aromatic heterocycles. The molecule has 1 fully saturated rings. The average molecular weight is 234 g/mol. The molecule has 0 bridgehead atoms. The summed E-state index contributed by atoms with van der Waals surface area (Å²) in [5.74, 6) is 6.39. The van der Waals surface area contributed by atoms with E-state index in [4.69, 9.17) is 11.6 Å². The van der Waals surface area contributed by atoms with Gasteiger partial charge in [0.05, 0.1) is 6.54 Å². The molecular weight excluding hydrogens is 218 g/mol. The lowest BCUT2D eigenvalue weighted by Crippen LogP contribution is -2.29. The Morgan fingerprint density at radius 2 is 1.75 bits per heavy atom. The van der Waals surface area contributed by atoms with E-state index in [0.717, 1.165) is 17.1 Å². The van der Waals surface area contributed by atoms with Gasteiger partial charge in [0.25, 0.3) is 0 Å². The minimum absolute atomic E-state index is 0.765. The van der Waals surface area contributed by atoms with E-state index in [0.29, 0.717) is 0 Å². The number of rotatable bonds is 1. The minimum atomic E-state index is 0.765. The van der Waals surface area contributed by atoms with Gasteiger partial charge in [-0.2, -0.15) is 0 Å². The second-order valence-corrected chi connectivity index (χ2v) is 4.58. The molecule has 2 rings (SSSR count). The molecule has 1 aromatic rings.